The molecule has 4 nitrogen and oxygen atoms in total. The molecular formula is C16H26ClN3O. The van der Waals surface area contributed by atoms with Crippen molar-refractivity contribution >= 4 is 11.6 Å². The van der Waals surface area contributed by atoms with Gasteiger partial charge in [0.05, 0.1) is 11.6 Å². The highest BCUT2D eigenvalue weighted by atomic mass is 35.5. The molecule has 1 aromatic carbocycles. The molecule has 1 saturated heterocycles. The van der Waals surface area contributed by atoms with Crippen molar-refractivity contribution in [3.05, 3.63) is 28.8 Å². The number of hydrogen-bond acceptors (Lipinski definition) is 4. The summed E-state index contributed by atoms with van der Waals surface area (Å²) < 4.78 is 5.50. The smallest absolute Gasteiger partial charge is 0.137 e. The first kappa shape index (κ1) is 16.6. The molecule has 2 rings (SSSR count). The van der Waals surface area contributed by atoms with Crippen LogP contribution in [-0.4, -0.2) is 55.7 Å². The van der Waals surface area contributed by atoms with Crippen LogP contribution < -0.4 is 10.5 Å². The van der Waals surface area contributed by atoms with Gasteiger partial charge in [-0.05, 0) is 31.2 Å². The van der Waals surface area contributed by atoms with E-state index >= 15 is 0 Å². The van der Waals surface area contributed by atoms with Gasteiger partial charge in [0, 0.05) is 38.8 Å². The van der Waals surface area contributed by atoms with Crippen LogP contribution in [0.15, 0.2) is 18.2 Å². The van der Waals surface area contributed by atoms with E-state index in [1.54, 1.807) is 0 Å². The number of ether oxygens (including phenoxy) is 1. The highest BCUT2D eigenvalue weighted by molar-refractivity contribution is 6.32. The van der Waals surface area contributed by atoms with Crippen molar-refractivity contribution < 1.29 is 4.74 Å². The van der Waals surface area contributed by atoms with E-state index in [2.05, 4.69) is 22.8 Å². The van der Waals surface area contributed by atoms with Gasteiger partial charge in [-0.15, -0.1) is 0 Å². The molecule has 0 aliphatic carbocycles. The average molecular weight is 312 g/mol. The lowest BCUT2D eigenvalue weighted by Crippen LogP contribution is -2.48. The Hall–Kier alpha value is -0.810. The molecule has 0 aromatic heterocycles. The molecule has 0 spiro atoms. The zero-order chi connectivity index (χ0) is 15.2. The van der Waals surface area contributed by atoms with Crippen LogP contribution in [0.4, 0.5) is 0 Å². The first-order chi connectivity index (χ1) is 10.2. The monoisotopic (exact) mass is 311 g/mol. The third-order valence-corrected chi connectivity index (χ3v) is 4.45. The van der Waals surface area contributed by atoms with Crippen LogP contribution in [0, 0.1) is 0 Å². The minimum absolute atomic E-state index is 0.234. The Balaban J connectivity index is 2.09. The summed E-state index contributed by atoms with van der Waals surface area (Å²) >= 11 is 6.30. The zero-order valence-electron chi connectivity index (χ0n) is 13.0. The summed E-state index contributed by atoms with van der Waals surface area (Å²) in [6.07, 6.45) is 0. The van der Waals surface area contributed by atoms with Gasteiger partial charge in [-0.2, -0.15) is 0 Å². The lowest BCUT2D eigenvalue weighted by molar-refractivity contribution is 0.102. The summed E-state index contributed by atoms with van der Waals surface area (Å²) in [5.74, 6) is 0.745. The van der Waals surface area contributed by atoms with Crippen LogP contribution >= 0.6 is 11.6 Å². The highest BCUT2D eigenvalue weighted by Crippen LogP contribution is 2.30. The minimum atomic E-state index is 0.234. The Morgan fingerprint density at radius 3 is 2.48 bits per heavy atom. The Labute approximate surface area is 132 Å². The molecular weight excluding hydrogens is 286 g/mol. The molecule has 2 N–H and O–H groups in total. The van der Waals surface area contributed by atoms with Gasteiger partial charge in [0.15, 0.2) is 0 Å². The second kappa shape index (κ2) is 7.99. The van der Waals surface area contributed by atoms with Crippen molar-refractivity contribution in [2.45, 2.75) is 19.9 Å². The number of halogens is 1. The quantitative estimate of drug-likeness (QED) is 0.876. The van der Waals surface area contributed by atoms with Crippen LogP contribution in [0.5, 0.6) is 5.75 Å². The number of piperazine rings is 1. The second-order valence-corrected chi connectivity index (χ2v) is 5.75. The molecule has 1 atom stereocenters. The molecule has 118 valence electrons. The maximum atomic E-state index is 6.30. The number of likely N-dealkylation sites (N-methyl/N-ethyl adjacent to an activating group) is 1. The van der Waals surface area contributed by atoms with Gasteiger partial charge >= 0.3 is 0 Å². The largest absolute Gasteiger partial charge is 0.492 e. The molecule has 0 amide bonds. The fourth-order valence-corrected chi connectivity index (χ4v) is 3.13. The SMILES string of the molecule is CCOc1ccc(C(CN)N2CCN(CC)CC2)cc1Cl. The molecule has 1 aliphatic heterocycles. The van der Waals surface area contributed by atoms with Crippen LogP contribution in [0.1, 0.15) is 25.5 Å². The molecule has 1 aliphatic rings. The molecule has 0 bridgehead atoms. The Morgan fingerprint density at radius 2 is 1.95 bits per heavy atom. The van der Waals surface area contributed by atoms with Crippen LogP contribution in [0.2, 0.25) is 5.02 Å². The van der Waals surface area contributed by atoms with Gasteiger partial charge < -0.3 is 15.4 Å². The van der Waals surface area contributed by atoms with E-state index in [4.69, 9.17) is 22.1 Å². The van der Waals surface area contributed by atoms with Crippen molar-refractivity contribution in [1.82, 2.24) is 9.80 Å². The van der Waals surface area contributed by atoms with Crippen molar-refractivity contribution in [3.63, 3.8) is 0 Å². The van der Waals surface area contributed by atoms with Crippen LogP contribution in [0.25, 0.3) is 0 Å². The molecule has 0 radical (unpaired) electrons. The molecule has 0 saturated carbocycles. The summed E-state index contributed by atoms with van der Waals surface area (Å²) in [6, 6.07) is 6.26. The van der Waals surface area contributed by atoms with Gasteiger partial charge in [0.25, 0.3) is 0 Å². The fourth-order valence-electron chi connectivity index (χ4n) is 2.88. The third-order valence-electron chi connectivity index (χ3n) is 4.16. The Kier molecular flexibility index (Phi) is 6.30. The molecule has 1 heterocycles. The van der Waals surface area contributed by atoms with E-state index in [9.17, 15) is 0 Å². The molecule has 5 heteroatoms. The van der Waals surface area contributed by atoms with E-state index < -0.39 is 0 Å². The van der Waals surface area contributed by atoms with Crippen molar-refractivity contribution in [1.29, 1.82) is 0 Å². The van der Waals surface area contributed by atoms with Gasteiger partial charge in [0.1, 0.15) is 5.75 Å². The summed E-state index contributed by atoms with van der Waals surface area (Å²) in [6.45, 7) is 10.9. The lowest BCUT2D eigenvalue weighted by atomic mass is 10.0. The number of rotatable bonds is 6. The van der Waals surface area contributed by atoms with Crippen molar-refractivity contribution in [2.24, 2.45) is 5.73 Å². The number of nitrogens with zero attached hydrogens (tertiary/aromatic N) is 2. The third kappa shape index (κ3) is 4.10. The normalized spacial score (nSPS) is 18.7. The summed E-state index contributed by atoms with van der Waals surface area (Å²) in [5.41, 5.74) is 7.20. The van der Waals surface area contributed by atoms with E-state index in [0.717, 1.165) is 38.5 Å². The van der Waals surface area contributed by atoms with E-state index in [1.165, 1.54) is 5.56 Å². The molecule has 1 aromatic rings. The van der Waals surface area contributed by atoms with Gasteiger partial charge in [-0.1, -0.05) is 24.6 Å². The molecule has 1 unspecified atom stereocenters. The minimum Gasteiger partial charge on any atom is -0.492 e. The fraction of sp³-hybridized carbons (Fsp3) is 0.625. The van der Waals surface area contributed by atoms with Gasteiger partial charge in [0.2, 0.25) is 0 Å². The van der Waals surface area contributed by atoms with Gasteiger partial charge in [-0.3, -0.25) is 4.90 Å². The van der Waals surface area contributed by atoms with Crippen molar-refractivity contribution in [3.8, 4) is 5.75 Å². The Bertz CT molecular complexity index is 447. The first-order valence-electron chi connectivity index (χ1n) is 7.78. The van der Waals surface area contributed by atoms with E-state index in [-0.39, 0.29) is 6.04 Å². The maximum Gasteiger partial charge on any atom is 0.137 e. The van der Waals surface area contributed by atoms with Crippen molar-refractivity contribution in [2.75, 3.05) is 45.9 Å². The highest BCUT2D eigenvalue weighted by Gasteiger charge is 2.24. The van der Waals surface area contributed by atoms with Crippen LogP contribution in [0.3, 0.4) is 0 Å². The molecule has 21 heavy (non-hydrogen) atoms. The van der Waals surface area contributed by atoms with E-state index in [1.807, 2.05) is 19.1 Å². The average Bonchev–Trinajstić information content (AvgIpc) is 2.51. The van der Waals surface area contributed by atoms with E-state index in [0.29, 0.717) is 18.2 Å². The molecule has 1 fully saturated rings. The summed E-state index contributed by atoms with van der Waals surface area (Å²) in [7, 11) is 0. The van der Waals surface area contributed by atoms with Crippen LogP contribution in [-0.2, 0) is 0 Å². The topological polar surface area (TPSA) is 41.7 Å². The maximum absolute atomic E-state index is 6.30. The summed E-state index contributed by atoms with van der Waals surface area (Å²) in [5, 5.41) is 0.667. The number of hydrogen-bond donors (Lipinski definition) is 1. The Morgan fingerprint density at radius 1 is 1.24 bits per heavy atom. The first-order valence-corrected chi connectivity index (χ1v) is 8.16. The lowest BCUT2D eigenvalue weighted by Gasteiger charge is -2.38. The zero-order valence-corrected chi connectivity index (χ0v) is 13.8. The standard InChI is InChI=1S/C16H26ClN3O/c1-3-19-7-9-20(10-8-19)15(12-18)13-5-6-16(21-4-2)14(17)11-13/h5-6,11,15H,3-4,7-10,12,18H2,1-2H3. The number of nitrogens with two attached hydrogens (primary N) is 1. The second-order valence-electron chi connectivity index (χ2n) is 5.34. The summed E-state index contributed by atoms with van der Waals surface area (Å²) in [4.78, 5) is 4.92. The number of benzene rings is 1. The predicted octanol–water partition coefficient (Wildman–Crippen LogP) is 2.38. The van der Waals surface area contributed by atoms with Gasteiger partial charge in [-0.25, -0.2) is 0 Å². The predicted molar refractivity (Wildman–Crippen MR) is 88.1 cm³/mol.